The number of carbonyl (C=O) groups is 2. The Balaban J connectivity index is 2.26. The molecule has 0 saturated carbocycles. The van der Waals surface area contributed by atoms with Crippen LogP contribution in [0.2, 0.25) is 0 Å². The lowest BCUT2D eigenvalue weighted by Gasteiger charge is -2.32. The van der Waals surface area contributed by atoms with E-state index in [1.165, 1.54) is 0 Å². The molecule has 0 spiro atoms. The van der Waals surface area contributed by atoms with Crippen LogP contribution in [0.5, 0.6) is 0 Å². The monoisotopic (exact) mass is 291 g/mol. The highest BCUT2D eigenvalue weighted by atomic mass is 16.5. The average Bonchev–Trinajstić information content (AvgIpc) is 2.45. The van der Waals surface area contributed by atoms with Gasteiger partial charge in [0.15, 0.2) is 6.10 Å². The number of carboxylic acids is 1. The number of ether oxygens (including phenoxy) is 1. The minimum absolute atomic E-state index is 0.0899. The molecular weight excluding hydrogens is 270 g/mol. The molecule has 0 bridgehead atoms. The second-order valence-electron chi connectivity index (χ2n) is 6.24. The zero-order chi connectivity index (χ0) is 15.6. The van der Waals surface area contributed by atoms with Crippen LogP contribution in [-0.4, -0.2) is 47.7 Å². The molecule has 0 aliphatic carbocycles. The van der Waals surface area contributed by atoms with Gasteiger partial charge in [0.2, 0.25) is 0 Å². The number of nitrogens with zero attached hydrogens (tertiary/aromatic N) is 1. The van der Waals surface area contributed by atoms with E-state index in [2.05, 4.69) is 20.8 Å². The number of benzene rings is 1. The van der Waals surface area contributed by atoms with Gasteiger partial charge in [0.1, 0.15) is 0 Å². The van der Waals surface area contributed by atoms with E-state index in [0.29, 0.717) is 12.1 Å². The molecule has 114 valence electrons. The van der Waals surface area contributed by atoms with Gasteiger partial charge in [-0.05, 0) is 17.0 Å². The molecule has 5 nitrogen and oxygen atoms in total. The van der Waals surface area contributed by atoms with Crippen molar-refractivity contribution in [2.75, 3.05) is 19.7 Å². The van der Waals surface area contributed by atoms with Crippen molar-refractivity contribution < 1.29 is 19.4 Å². The zero-order valence-electron chi connectivity index (χ0n) is 12.6. The molecule has 1 fully saturated rings. The first-order valence-electron chi connectivity index (χ1n) is 7.04. The summed E-state index contributed by atoms with van der Waals surface area (Å²) in [6.07, 6.45) is -0.940. The Labute approximate surface area is 124 Å². The first kappa shape index (κ1) is 15.5. The molecule has 1 N–H and O–H groups in total. The van der Waals surface area contributed by atoms with E-state index < -0.39 is 12.1 Å². The minimum atomic E-state index is -1.03. The van der Waals surface area contributed by atoms with Crippen molar-refractivity contribution in [1.29, 1.82) is 0 Å². The van der Waals surface area contributed by atoms with Crippen LogP contribution < -0.4 is 0 Å². The Morgan fingerprint density at radius 3 is 2.57 bits per heavy atom. The number of amides is 1. The van der Waals surface area contributed by atoms with Gasteiger partial charge in [0, 0.05) is 12.1 Å². The van der Waals surface area contributed by atoms with Crippen molar-refractivity contribution >= 4 is 11.9 Å². The van der Waals surface area contributed by atoms with Crippen molar-refractivity contribution in [3.63, 3.8) is 0 Å². The van der Waals surface area contributed by atoms with Gasteiger partial charge in [-0.15, -0.1) is 0 Å². The minimum Gasteiger partial charge on any atom is -0.479 e. The molecule has 0 radical (unpaired) electrons. The van der Waals surface area contributed by atoms with Gasteiger partial charge in [0.05, 0.1) is 13.2 Å². The maximum Gasteiger partial charge on any atom is 0.334 e. The third-order valence-corrected chi connectivity index (χ3v) is 3.59. The topological polar surface area (TPSA) is 66.8 Å². The summed E-state index contributed by atoms with van der Waals surface area (Å²) in [7, 11) is 0. The molecular formula is C16H21NO4. The number of carboxylic acid groups (broad SMARTS) is 1. The highest BCUT2D eigenvalue weighted by Gasteiger charge is 2.31. The summed E-state index contributed by atoms with van der Waals surface area (Å²) in [5.41, 5.74) is 1.45. The van der Waals surface area contributed by atoms with E-state index in [-0.39, 0.29) is 24.5 Å². The summed E-state index contributed by atoms with van der Waals surface area (Å²) in [6.45, 7) is 6.92. The van der Waals surface area contributed by atoms with Gasteiger partial charge in [-0.2, -0.15) is 0 Å². The van der Waals surface area contributed by atoms with Crippen LogP contribution >= 0.6 is 0 Å². The van der Waals surface area contributed by atoms with E-state index in [4.69, 9.17) is 9.84 Å². The Morgan fingerprint density at radius 1 is 1.29 bits per heavy atom. The van der Waals surface area contributed by atoms with E-state index >= 15 is 0 Å². The normalized spacial score (nSPS) is 19.4. The van der Waals surface area contributed by atoms with Crippen molar-refractivity contribution in [1.82, 2.24) is 4.90 Å². The predicted molar refractivity (Wildman–Crippen MR) is 78.4 cm³/mol. The smallest absolute Gasteiger partial charge is 0.334 e. The number of hydrogen-bond acceptors (Lipinski definition) is 3. The molecule has 2 rings (SSSR count). The molecule has 1 amide bonds. The molecule has 1 unspecified atom stereocenters. The fourth-order valence-electron chi connectivity index (χ4n) is 2.48. The SMILES string of the molecule is CC(C)(C)c1ccccc1C(=O)N1CCOC(C(=O)O)C1. The van der Waals surface area contributed by atoms with Gasteiger partial charge in [0.25, 0.3) is 5.91 Å². The first-order valence-corrected chi connectivity index (χ1v) is 7.04. The van der Waals surface area contributed by atoms with Gasteiger partial charge >= 0.3 is 5.97 Å². The number of aliphatic carboxylic acids is 1. The Hall–Kier alpha value is -1.88. The van der Waals surface area contributed by atoms with Crippen LogP contribution in [0.3, 0.4) is 0 Å². The standard InChI is InChI=1S/C16H21NO4/c1-16(2,3)12-7-5-4-6-11(12)14(18)17-8-9-21-13(10-17)15(19)20/h4-7,13H,8-10H2,1-3H3,(H,19,20). The lowest BCUT2D eigenvalue weighted by molar-refractivity contribution is -0.154. The van der Waals surface area contributed by atoms with Crippen molar-refractivity contribution in [3.8, 4) is 0 Å². The summed E-state index contributed by atoms with van der Waals surface area (Å²) in [4.78, 5) is 25.3. The highest BCUT2D eigenvalue weighted by molar-refractivity contribution is 5.96. The Morgan fingerprint density at radius 2 is 1.95 bits per heavy atom. The molecule has 5 heteroatoms. The van der Waals surface area contributed by atoms with E-state index in [1.807, 2.05) is 18.2 Å². The lowest BCUT2D eigenvalue weighted by Crippen LogP contribution is -2.48. The number of morpholine rings is 1. The average molecular weight is 291 g/mol. The molecule has 1 saturated heterocycles. The predicted octanol–water partition coefficient (Wildman–Crippen LogP) is 1.91. The second-order valence-corrected chi connectivity index (χ2v) is 6.24. The quantitative estimate of drug-likeness (QED) is 0.904. The highest BCUT2D eigenvalue weighted by Crippen LogP contribution is 2.27. The third-order valence-electron chi connectivity index (χ3n) is 3.59. The van der Waals surface area contributed by atoms with Gasteiger partial charge < -0.3 is 14.7 Å². The molecule has 1 aromatic carbocycles. The Kier molecular flexibility index (Phi) is 4.32. The molecule has 1 aliphatic rings. The first-order chi connectivity index (χ1) is 9.80. The Bertz CT molecular complexity index is 547. The molecule has 1 atom stereocenters. The summed E-state index contributed by atoms with van der Waals surface area (Å²) < 4.78 is 5.16. The summed E-state index contributed by atoms with van der Waals surface area (Å²) in [5.74, 6) is -1.16. The maximum absolute atomic E-state index is 12.7. The fraction of sp³-hybridized carbons (Fsp3) is 0.500. The van der Waals surface area contributed by atoms with E-state index in [0.717, 1.165) is 5.56 Å². The molecule has 1 heterocycles. The number of hydrogen-bond donors (Lipinski definition) is 1. The molecule has 21 heavy (non-hydrogen) atoms. The van der Waals surface area contributed by atoms with Crippen molar-refractivity contribution in [3.05, 3.63) is 35.4 Å². The van der Waals surface area contributed by atoms with Crippen LogP contribution in [0.25, 0.3) is 0 Å². The van der Waals surface area contributed by atoms with Gasteiger partial charge in [-0.25, -0.2) is 4.79 Å². The number of carbonyl (C=O) groups excluding carboxylic acids is 1. The van der Waals surface area contributed by atoms with E-state index in [9.17, 15) is 9.59 Å². The van der Waals surface area contributed by atoms with Gasteiger partial charge in [-0.1, -0.05) is 39.0 Å². The van der Waals surface area contributed by atoms with Crippen LogP contribution in [0.15, 0.2) is 24.3 Å². The summed E-state index contributed by atoms with van der Waals surface area (Å²) in [6, 6.07) is 7.49. The molecule has 1 aromatic rings. The second kappa shape index (κ2) is 5.85. The van der Waals surface area contributed by atoms with Crippen LogP contribution in [0.4, 0.5) is 0 Å². The molecule has 0 aromatic heterocycles. The largest absolute Gasteiger partial charge is 0.479 e. The fourth-order valence-corrected chi connectivity index (χ4v) is 2.48. The van der Waals surface area contributed by atoms with Gasteiger partial charge in [-0.3, -0.25) is 4.79 Å². The molecule has 1 aliphatic heterocycles. The third kappa shape index (κ3) is 3.42. The van der Waals surface area contributed by atoms with Crippen LogP contribution in [-0.2, 0) is 14.9 Å². The maximum atomic E-state index is 12.7. The van der Waals surface area contributed by atoms with E-state index in [1.54, 1.807) is 11.0 Å². The zero-order valence-corrected chi connectivity index (χ0v) is 12.6. The lowest BCUT2D eigenvalue weighted by atomic mass is 9.83. The van der Waals surface area contributed by atoms with Crippen LogP contribution in [0, 0.1) is 0 Å². The summed E-state index contributed by atoms with van der Waals surface area (Å²) in [5, 5.41) is 9.03. The summed E-state index contributed by atoms with van der Waals surface area (Å²) >= 11 is 0. The van der Waals surface area contributed by atoms with Crippen LogP contribution in [0.1, 0.15) is 36.7 Å². The number of rotatable bonds is 2. The van der Waals surface area contributed by atoms with Crippen molar-refractivity contribution in [2.24, 2.45) is 0 Å². The van der Waals surface area contributed by atoms with Crippen molar-refractivity contribution in [2.45, 2.75) is 32.3 Å².